The molecule has 0 aromatic carbocycles. The van der Waals surface area contributed by atoms with E-state index in [1.165, 1.54) is 6.92 Å². The van der Waals surface area contributed by atoms with Gasteiger partial charge in [-0.3, -0.25) is 4.84 Å². The van der Waals surface area contributed by atoms with Gasteiger partial charge in [-0.2, -0.15) is 0 Å². The average Bonchev–Trinajstić information content (AvgIpc) is 2.09. The molecule has 1 rings (SSSR count). The van der Waals surface area contributed by atoms with Crippen molar-refractivity contribution < 1.29 is 24.9 Å². The summed E-state index contributed by atoms with van der Waals surface area (Å²) in [5.74, 6) is 3.41. The standard InChI is InChI=1S/C6H13NO5/c1-6(12-7)5(10)4(9)3(8)2-11-6/h3-5,8-10H,2,7H2,1H3/t3-,4-,5+,6?/m1/s1. The van der Waals surface area contributed by atoms with Crippen LogP contribution in [0.25, 0.3) is 0 Å². The summed E-state index contributed by atoms with van der Waals surface area (Å²) in [4.78, 5) is 4.37. The van der Waals surface area contributed by atoms with E-state index in [0.29, 0.717) is 0 Å². The van der Waals surface area contributed by atoms with Crippen LogP contribution in [0.4, 0.5) is 0 Å². The first-order valence-electron chi connectivity index (χ1n) is 3.57. The molecular weight excluding hydrogens is 166 g/mol. The zero-order chi connectivity index (χ0) is 9.35. The topological polar surface area (TPSA) is 105 Å². The second-order valence-electron chi connectivity index (χ2n) is 2.95. The van der Waals surface area contributed by atoms with Gasteiger partial charge in [-0.05, 0) is 6.92 Å². The lowest BCUT2D eigenvalue weighted by Crippen LogP contribution is -2.61. The molecule has 4 atom stereocenters. The third-order valence-corrected chi connectivity index (χ3v) is 2.03. The molecule has 0 spiro atoms. The molecule has 1 aliphatic heterocycles. The van der Waals surface area contributed by atoms with Crippen LogP contribution in [0.15, 0.2) is 0 Å². The molecule has 5 N–H and O–H groups in total. The Morgan fingerprint density at radius 2 is 2.08 bits per heavy atom. The lowest BCUT2D eigenvalue weighted by Gasteiger charge is -2.40. The molecule has 1 aliphatic rings. The number of nitrogens with two attached hydrogens (primary N) is 1. The molecule has 72 valence electrons. The van der Waals surface area contributed by atoms with Crippen molar-refractivity contribution in [3.05, 3.63) is 0 Å². The van der Waals surface area contributed by atoms with Crippen molar-refractivity contribution in [2.75, 3.05) is 6.61 Å². The summed E-state index contributed by atoms with van der Waals surface area (Å²) in [7, 11) is 0. The summed E-state index contributed by atoms with van der Waals surface area (Å²) in [5.41, 5.74) is 0. The van der Waals surface area contributed by atoms with Crippen LogP contribution in [-0.2, 0) is 9.57 Å². The second kappa shape index (κ2) is 3.25. The molecule has 12 heavy (non-hydrogen) atoms. The molecule has 0 amide bonds. The third kappa shape index (κ3) is 1.45. The van der Waals surface area contributed by atoms with Crippen molar-refractivity contribution in [2.24, 2.45) is 5.90 Å². The van der Waals surface area contributed by atoms with E-state index >= 15 is 0 Å². The number of aliphatic hydroxyl groups excluding tert-OH is 3. The normalized spacial score (nSPS) is 49.2. The fourth-order valence-corrected chi connectivity index (χ4v) is 1.06. The van der Waals surface area contributed by atoms with Crippen LogP contribution in [0, 0.1) is 0 Å². The van der Waals surface area contributed by atoms with Crippen LogP contribution in [-0.4, -0.2) is 46.0 Å². The summed E-state index contributed by atoms with van der Waals surface area (Å²) in [6.45, 7) is 1.26. The van der Waals surface area contributed by atoms with Crippen LogP contribution < -0.4 is 5.90 Å². The van der Waals surface area contributed by atoms with E-state index in [0.717, 1.165) is 0 Å². The zero-order valence-corrected chi connectivity index (χ0v) is 6.67. The molecule has 1 heterocycles. The van der Waals surface area contributed by atoms with E-state index < -0.39 is 24.1 Å². The molecule has 6 heteroatoms. The SMILES string of the molecule is CC1(ON)OC[C@@H](O)[C@@H](O)[C@@H]1O. The smallest absolute Gasteiger partial charge is 0.213 e. The summed E-state index contributed by atoms with van der Waals surface area (Å²) >= 11 is 0. The van der Waals surface area contributed by atoms with Gasteiger partial charge in [0, 0.05) is 0 Å². The van der Waals surface area contributed by atoms with Gasteiger partial charge in [-0.25, -0.2) is 5.90 Å². The predicted octanol–water partition coefficient (Wildman–Crippen LogP) is -2.29. The first-order chi connectivity index (χ1) is 5.51. The van der Waals surface area contributed by atoms with Gasteiger partial charge in [-0.1, -0.05) is 0 Å². The molecule has 0 bridgehead atoms. The highest BCUT2D eigenvalue weighted by Gasteiger charge is 2.47. The van der Waals surface area contributed by atoms with E-state index in [2.05, 4.69) is 4.84 Å². The van der Waals surface area contributed by atoms with Gasteiger partial charge >= 0.3 is 0 Å². The summed E-state index contributed by atoms with van der Waals surface area (Å²) in [5, 5.41) is 27.6. The maximum Gasteiger partial charge on any atom is 0.213 e. The first-order valence-corrected chi connectivity index (χ1v) is 3.57. The molecule has 0 radical (unpaired) electrons. The summed E-state index contributed by atoms with van der Waals surface area (Å²) < 4.78 is 4.90. The highest BCUT2D eigenvalue weighted by molar-refractivity contribution is 4.89. The van der Waals surface area contributed by atoms with E-state index in [1.807, 2.05) is 0 Å². The molecule has 1 saturated heterocycles. The average molecular weight is 179 g/mol. The van der Waals surface area contributed by atoms with Crippen LogP contribution in [0.1, 0.15) is 6.92 Å². The Labute approximate surface area is 69.5 Å². The molecule has 0 saturated carbocycles. The number of hydrogen-bond acceptors (Lipinski definition) is 6. The van der Waals surface area contributed by atoms with Crippen molar-refractivity contribution in [3.63, 3.8) is 0 Å². The molecule has 1 fully saturated rings. The maximum atomic E-state index is 9.33. The Kier molecular flexibility index (Phi) is 2.67. The fraction of sp³-hybridized carbons (Fsp3) is 1.00. The predicted molar refractivity (Wildman–Crippen MR) is 37.6 cm³/mol. The van der Waals surface area contributed by atoms with Crippen molar-refractivity contribution in [1.29, 1.82) is 0 Å². The Balaban J connectivity index is 2.71. The minimum atomic E-state index is -1.45. The first kappa shape index (κ1) is 9.85. The molecule has 6 nitrogen and oxygen atoms in total. The van der Waals surface area contributed by atoms with Gasteiger partial charge in [0.1, 0.15) is 18.3 Å². The van der Waals surface area contributed by atoms with Crippen molar-refractivity contribution in [3.8, 4) is 0 Å². The monoisotopic (exact) mass is 179 g/mol. The molecule has 0 aromatic heterocycles. The number of aliphatic hydroxyl groups is 3. The van der Waals surface area contributed by atoms with Gasteiger partial charge in [0.2, 0.25) is 5.79 Å². The highest BCUT2D eigenvalue weighted by atomic mass is 16.8. The Bertz CT molecular complexity index is 166. The van der Waals surface area contributed by atoms with E-state index in [9.17, 15) is 10.2 Å². The highest BCUT2D eigenvalue weighted by Crippen LogP contribution is 2.25. The quantitative estimate of drug-likeness (QED) is 0.337. The maximum absolute atomic E-state index is 9.33. The summed E-state index contributed by atoms with van der Waals surface area (Å²) in [6, 6.07) is 0. The van der Waals surface area contributed by atoms with Crippen LogP contribution in [0.3, 0.4) is 0 Å². The number of ether oxygens (including phenoxy) is 1. The molecular formula is C6H13NO5. The minimum Gasteiger partial charge on any atom is -0.388 e. The summed E-state index contributed by atoms with van der Waals surface area (Å²) in [6.07, 6.45) is -3.76. The number of hydrogen-bond donors (Lipinski definition) is 4. The fourth-order valence-electron chi connectivity index (χ4n) is 1.06. The second-order valence-corrected chi connectivity index (χ2v) is 2.95. The van der Waals surface area contributed by atoms with Gasteiger partial charge < -0.3 is 20.1 Å². The molecule has 1 unspecified atom stereocenters. The Morgan fingerprint density at radius 3 is 2.58 bits per heavy atom. The lowest BCUT2D eigenvalue weighted by atomic mass is 9.98. The van der Waals surface area contributed by atoms with Crippen LogP contribution in [0.5, 0.6) is 0 Å². The Morgan fingerprint density at radius 1 is 1.50 bits per heavy atom. The largest absolute Gasteiger partial charge is 0.388 e. The van der Waals surface area contributed by atoms with Gasteiger partial charge in [-0.15, -0.1) is 0 Å². The third-order valence-electron chi connectivity index (χ3n) is 2.03. The zero-order valence-electron chi connectivity index (χ0n) is 6.67. The minimum absolute atomic E-state index is 0.119. The van der Waals surface area contributed by atoms with E-state index in [-0.39, 0.29) is 6.61 Å². The van der Waals surface area contributed by atoms with Crippen molar-refractivity contribution >= 4 is 0 Å². The van der Waals surface area contributed by atoms with Crippen LogP contribution >= 0.6 is 0 Å². The van der Waals surface area contributed by atoms with Crippen molar-refractivity contribution in [2.45, 2.75) is 31.0 Å². The lowest BCUT2D eigenvalue weighted by molar-refractivity contribution is -0.332. The Hall–Kier alpha value is -0.240. The van der Waals surface area contributed by atoms with E-state index in [4.69, 9.17) is 15.7 Å². The van der Waals surface area contributed by atoms with E-state index in [1.54, 1.807) is 0 Å². The molecule has 0 aromatic rings. The number of rotatable bonds is 1. The van der Waals surface area contributed by atoms with Crippen LogP contribution in [0.2, 0.25) is 0 Å². The van der Waals surface area contributed by atoms with Gasteiger partial charge in [0.15, 0.2) is 0 Å². The van der Waals surface area contributed by atoms with Crippen molar-refractivity contribution in [1.82, 2.24) is 0 Å². The molecule has 0 aliphatic carbocycles. The van der Waals surface area contributed by atoms with Gasteiger partial charge in [0.25, 0.3) is 0 Å². The van der Waals surface area contributed by atoms with Gasteiger partial charge in [0.05, 0.1) is 6.61 Å².